The Labute approximate surface area is 186 Å². The molecule has 1 aromatic carbocycles. The summed E-state index contributed by atoms with van der Waals surface area (Å²) in [7, 11) is 0. The molecule has 8 heteroatoms. The van der Waals surface area contributed by atoms with Crippen molar-refractivity contribution < 1.29 is 18.8 Å². The Hall–Kier alpha value is -3.13. The predicted octanol–water partition coefficient (Wildman–Crippen LogP) is 2.66. The van der Waals surface area contributed by atoms with E-state index in [0.717, 1.165) is 24.9 Å². The third-order valence-corrected chi connectivity index (χ3v) is 6.95. The molecule has 1 saturated heterocycles. The monoisotopic (exact) mass is 436 g/mol. The van der Waals surface area contributed by atoms with Crippen LogP contribution in [0.15, 0.2) is 47.1 Å². The molecule has 2 aromatic rings. The van der Waals surface area contributed by atoms with E-state index < -0.39 is 5.54 Å². The fraction of sp³-hybridized carbons (Fsp3) is 0.458. The highest BCUT2D eigenvalue weighted by molar-refractivity contribution is 6.15. The number of rotatable bonds is 5. The van der Waals surface area contributed by atoms with Crippen LogP contribution in [-0.2, 0) is 20.9 Å². The smallest absolute Gasteiger partial charge is 0.250 e. The molecule has 168 valence electrons. The summed E-state index contributed by atoms with van der Waals surface area (Å²) in [5.41, 5.74) is 0.580. The number of nitrogens with one attached hydrogen (secondary N) is 2. The standard InChI is InChI=1S/C24H28N4O4/c29-21(16-27-13-5-10-20(27)22(30)25-15-17-7-6-14-32-17)28-19-9-2-1-8-18(19)26-23(31)24(28)11-3-4-12-24/h1-2,6-9,14,20H,3-5,10-13,15-16H2,(H,25,30)(H,26,31). The minimum absolute atomic E-state index is 0.0981. The fourth-order valence-corrected chi connectivity index (χ4v) is 5.39. The van der Waals surface area contributed by atoms with Crippen LogP contribution < -0.4 is 15.5 Å². The van der Waals surface area contributed by atoms with Crippen molar-refractivity contribution in [1.29, 1.82) is 0 Å². The number of hydrogen-bond acceptors (Lipinski definition) is 5. The molecule has 2 N–H and O–H groups in total. The molecule has 2 aliphatic heterocycles. The van der Waals surface area contributed by atoms with Crippen LogP contribution in [-0.4, -0.2) is 47.3 Å². The van der Waals surface area contributed by atoms with Crippen molar-refractivity contribution >= 4 is 29.1 Å². The van der Waals surface area contributed by atoms with Crippen LogP contribution >= 0.6 is 0 Å². The van der Waals surface area contributed by atoms with E-state index in [1.807, 2.05) is 35.2 Å². The van der Waals surface area contributed by atoms with Crippen LogP contribution in [0.3, 0.4) is 0 Å². The number of fused-ring (bicyclic) bond motifs is 1. The van der Waals surface area contributed by atoms with Gasteiger partial charge in [0, 0.05) is 0 Å². The molecule has 1 unspecified atom stereocenters. The van der Waals surface area contributed by atoms with Crippen molar-refractivity contribution in [2.45, 2.75) is 56.7 Å². The number of likely N-dealkylation sites (tertiary alicyclic amines) is 1. The van der Waals surface area contributed by atoms with Crippen molar-refractivity contribution in [3.63, 3.8) is 0 Å². The van der Waals surface area contributed by atoms with Crippen LogP contribution in [0, 0.1) is 0 Å². The Morgan fingerprint density at radius 3 is 2.72 bits per heavy atom. The molecule has 3 aliphatic rings. The van der Waals surface area contributed by atoms with Gasteiger partial charge in [0.05, 0.1) is 36.8 Å². The number of anilines is 2. The van der Waals surface area contributed by atoms with Crippen molar-refractivity contribution in [3.05, 3.63) is 48.4 Å². The molecule has 32 heavy (non-hydrogen) atoms. The van der Waals surface area contributed by atoms with E-state index in [1.165, 1.54) is 0 Å². The van der Waals surface area contributed by atoms with Crippen LogP contribution in [0.2, 0.25) is 0 Å². The first-order chi connectivity index (χ1) is 15.6. The minimum Gasteiger partial charge on any atom is -0.467 e. The van der Waals surface area contributed by atoms with Gasteiger partial charge in [-0.15, -0.1) is 0 Å². The lowest BCUT2D eigenvalue weighted by molar-refractivity contribution is -0.130. The first kappa shape index (κ1) is 20.8. The molecular formula is C24H28N4O4. The molecule has 3 heterocycles. The number of hydrogen-bond donors (Lipinski definition) is 2. The second-order valence-corrected chi connectivity index (χ2v) is 8.86. The highest BCUT2D eigenvalue weighted by atomic mass is 16.3. The minimum atomic E-state index is -0.831. The molecule has 8 nitrogen and oxygen atoms in total. The lowest BCUT2D eigenvalue weighted by Gasteiger charge is -2.45. The summed E-state index contributed by atoms with van der Waals surface area (Å²) in [5.74, 6) is 0.369. The number of carbonyl (C=O) groups excluding carboxylic acids is 3. The summed E-state index contributed by atoms with van der Waals surface area (Å²) in [6, 6.07) is 10.7. The van der Waals surface area contributed by atoms with Gasteiger partial charge in [-0.05, 0) is 56.5 Å². The van der Waals surface area contributed by atoms with Crippen LogP contribution in [0.5, 0.6) is 0 Å². The first-order valence-corrected chi connectivity index (χ1v) is 11.4. The summed E-state index contributed by atoms with van der Waals surface area (Å²) in [4.78, 5) is 43.3. The SMILES string of the molecule is O=C(NCc1ccco1)C1CCCN1CC(=O)N1c2ccccc2NC(=O)C12CCCC2. The highest BCUT2D eigenvalue weighted by Crippen LogP contribution is 2.45. The van der Waals surface area contributed by atoms with Crippen LogP contribution in [0.1, 0.15) is 44.3 Å². The zero-order valence-electron chi connectivity index (χ0n) is 18.0. The Bertz CT molecular complexity index is 1010. The van der Waals surface area contributed by atoms with E-state index in [0.29, 0.717) is 43.8 Å². The van der Waals surface area contributed by atoms with E-state index in [2.05, 4.69) is 10.6 Å². The lowest BCUT2D eigenvalue weighted by Crippen LogP contribution is -2.62. The van der Waals surface area contributed by atoms with E-state index in [-0.39, 0.29) is 30.3 Å². The number of amides is 3. The number of nitrogens with zero attached hydrogens (tertiary/aromatic N) is 2. The van der Waals surface area contributed by atoms with Crippen LogP contribution in [0.25, 0.3) is 0 Å². The highest BCUT2D eigenvalue weighted by Gasteiger charge is 2.52. The normalized spacial score (nSPS) is 22.1. The molecule has 0 bridgehead atoms. The van der Waals surface area contributed by atoms with Gasteiger partial charge in [-0.2, -0.15) is 0 Å². The zero-order valence-corrected chi connectivity index (χ0v) is 18.0. The van der Waals surface area contributed by atoms with Gasteiger partial charge in [0.25, 0.3) is 5.91 Å². The van der Waals surface area contributed by atoms with E-state index in [1.54, 1.807) is 17.2 Å². The molecule has 1 aliphatic carbocycles. The number of furan rings is 1. The number of para-hydroxylation sites is 2. The average molecular weight is 437 g/mol. The van der Waals surface area contributed by atoms with E-state index in [4.69, 9.17) is 4.42 Å². The van der Waals surface area contributed by atoms with Gasteiger partial charge in [-0.3, -0.25) is 24.2 Å². The summed E-state index contributed by atoms with van der Waals surface area (Å²) >= 11 is 0. The maximum atomic E-state index is 13.7. The van der Waals surface area contributed by atoms with Gasteiger partial charge in [0.15, 0.2) is 0 Å². The number of carbonyl (C=O) groups is 3. The third-order valence-electron chi connectivity index (χ3n) is 6.95. The predicted molar refractivity (Wildman–Crippen MR) is 119 cm³/mol. The van der Waals surface area contributed by atoms with Crippen molar-refractivity contribution in [3.8, 4) is 0 Å². The Kier molecular flexibility index (Phi) is 5.46. The molecule has 5 rings (SSSR count). The van der Waals surface area contributed by atoms with Crippen molar-refractivity contribution in [1.82, 2.24) is 10.2 Å². The molecule has 2 fully saturated rings. The molecule has 3 amide bonds. The van der Waals surface area contributed by atoms with Gasteiger partial charge in [0.1, 0.15) is 11.3 Å². The Morgan fingerprint density at radius 1 is 1.12 bits per heavy atom. The topological polar surface area (TPSA) is 94.9 Å². The van der Waals surface area contributed by atoms with Crippen molar-refractivity contribution in [2.75, 3.05) is 23.3 Å². The average Bonchev–Trinajstić information content (AvgIpc) is 3.56. The Balaban J connectivity index is 1.34. The third kappa shape index (κ3) is 3.58. The maximum Gasteiger partial charge on any atom is 0.250 e. The molecule has 1 atom stereocenters. The number of benzene rings is 1. The van der Waals surface area contributed by atoms with Crippen LogP contribution in [0.4, 0.5) is 11.4 Å². The van der Waals surface area contributed by atoms with E-state index >= 15 is 0 Å². The summed E-state index contributed by atoms with van der Waals surface area (Å²) in [5, 5.41) is 5.93. The molecular weight excluding hydrogens is 408 g/mol. The van der Waals surface area contributed by atoms with Gasteiger partial charge in [-0.25, -0.2) is 0 Å². The summed E-state index contributed by atoms with van der Waals surface area (Å²) < 4.78 is 5.29. The quantitative estimate of drug-likeness (QED) is 0.752. The van der Waals surface area contributed by atoms with Gasteiger partial charge < -0.3 is 15.1 Å². The van der Waals surface area contributed by atoms with Crippen molar-refractivity contribution in [2.24, 2.45) is 0 Å². The Morgan fingerprint density at radius 2 is 1.94 bits per heavy atom. The fourth-order valence-electron chi connectivity index (χ4n) is 5.39. The van der Waals surface area contributed by atoms with Gasteiger partial charge >= 0.3 is 0 Å². The largest absolute Gasteiger partial charge is 0.467 e. The maximum absolute atomic E-state index is 13.7. The molecule has 1 spiro atoms. The first-order valence-electron chi connectivity index (χ1n) is 11.4. The van der Waals surface area contributed by atoms with E-state index in [9.17, 15) is 14.4 Å². The van der Waals surface area contributed by atoms with Gasteiger partial charge in [0.2, 0.25) is 11.8 Å². The molecule has 0 radical (unpaired) electrons. The van der Waals surface area contributed by atoms with Gasteiger partial charge in [-0.1, -0.05) is 25.0 Å². The lowest BCUT2D eigenvalue weighted by atomic mass is 9.89. The summed E-state index contributed by atoms with van der Waals surface area (Å²) in [6.07, 6.45) is 6.29. The second-order valence-electron chi connectivity index (χ2n) is 8.86. The second kappa shape index (κ2) is 8.43. The summed E-state index contributed by atoms with van der Waals surface area (Å²) in [6.45, 7) is 1.12. The zero-order chi connectivity index (χ0) is 22.1. The molecule has 1 saturated carbocycles. The molecule has 1 aromatic heterocycles.